The van der Waals surface area contributed by atoms with Crippen LogP contribution in [0.1, 0.15) is 13.8 Å². The maximum Gasteiger partial charge on any atom is 0.254 e. The third-order valence-corrected chi connectivity index (χ3v) is 1.99. The molecule has 58 valence electrons. The van der Waals surface area contributed by atoms with Gasteiger partial charge in [-0.2, -0.15) is 0 Å². The van der Waals surface area contributed by atoms with Crippen molar-refractivity contribution in [1.29, 1.82) is 0 Å². The fourth-order valence-corrected chi connectivity index (χ4v) is 1.19. The summed E-state index contributed by atoms with van der Waals surface area (Å²) in [4.78, 5) is 10.6. The standard InChI is InChI=1S/C7H12FNO/c1-4(2)5-3-9-7(10)6(5)8/h4-6H,3H2,1-2H3,(H,9,10)/t5-,6+/m0/s1. The van der Waals surface area contributed by atoms with Crippen LogP contribution in [0.25, 0.3) is 0 Å². The number of hydrogen-bond acceptors (Lipinski definition) is 1. The number of carbonyl (C=O) groups is 1. The third-order valence-electron chi connectivity index (χ3n) is 1.99. The first-order valence-corrected chi connectivity index (χ1v) is 3.54. The average Bonchev–Trinajstić information content (AvgIpc) is 2.14. The van der Waals surface area contributed by atoms with Crippen LogP contribution in [0.3, 0.4) is 0 Å². The summed E-state index contributed by atoms with van der Waals surface area (Å²) >= 11 is 0. The molecule has 1 fully saturated rings. The van der Waals surface area contributed by atoms with Crippen LogP contribution in [0.5, 0.6) is 0 Å². The topological polar surface area (TPSA) is 29.1 Å². The lowest BCUT2D eigenvalue weighted by Gasteiger charge is -2.12. The van der Waals surface area contributed by atoms with E-state index in [1.807, 2.05) is 13.8 Å². The molecule has 0 aromatic rings. The molecule has 0 aromatic heterocycles. The Morgan fingerprint density at radius 3 is 2.50 bits per heavy atom. The number of halogens is 1. The zero-order valence-corrected chi connectivity index (χ0v) is 6.23. The second-order valence-electron chi connectivity index (χ2n) is 3.05. The monoisotopic (exact) mass is 145 g/mol. The summed E-state index contributed by atoms with van der Waals surface area (Å²) in [7, 11) is 0. The summed E-state index contributed by atoms with van der Waals surface area (Å²) in [5, 5.41) is 2.49. The summed E-state index contributed by atoms with van der Waals surface area (Å²) in [5.41, 5.74) is 0. The second-order valence-corrected chi connectivity index (χ2v) is 3.05. The first-order valence-electron chi connectivity index (χ1n) is 3.54. The molecule has 0 bridgehead atoms. The molecule has 1 aliphatic rings. The van der Waals surface area contributed by atoms with Crippen LogP contribution in [-0.2, 0) is 4.79 Å². The minimum absolute atomic E-state index is 0.118. The first kappa shape index (κ1) is 7.51. The summed E-state index contributed by atoms with van der Waals surface area (Å²) in [6, 6.07) is 0. The quantitative estimate of drug-likeness (QED) is 0.579. The van der Waals surface area contributed by atoms with E-state index >= 15 is 0 Å². The van der Waals surface area contributed by atoms with Gasteiger partial charge in [0.15, 0.2) is 6.17 Å². The molecule has 0 saturated carbocycles. The molecule has 0 unspecified atom stereocenters. The van der Waals surface area contributed by atoms with Gasteiger partial charge >= 0.3 is 0 Å². The second kappa shape index (κ2) is 2.56. The molecule has 1 heterocycles. The zero-order valence-electron chi connectivity index (χ0n) is 6.23. The molecule has 1 amide bonds. The fourth-order valence-electron chi connectivity index (χ4n) is 1.19. The molecular formula is C7H12FNO. The number of carbonyl (C=O) groups excluding carboxylic acids is 1. The first-order chi connectivity index (χ1) is 4.63. The van der Waals surface area contributed by atoms with Crippen LogP contribution in [0, 0.1) is 11.8 Å². The highest BCUT2D eigenvalue weighted by Gasteiger charge is 2.36. The molecule has 2 nitrogen and oxygen atoms in total. The van der Waals surface area contributed by atoms with E-state index in [9.17, 15) is 9.18 Å². The molecule has 3 heteroatoms. The van der Waals surface area contributed by atoms with Crippen LogP contribution >= 0.6 is 0 Å². The minimum atomic E-state index is -1.28. The Bertz CT molecular complexity index is 147. The van der Waals surface area contributed by atoms with Crippen LogP contribution in [0.15, 0.2) is 0 Å². The number of rotatable bonds is 1. The van der Waals surface area contributed by atoms with Gasteiger partial charge in [-0.15, -0.1) is 0 Å². The van der Waals surface area contributed by atoms with Gasteiger partial charge in [-0.05, 0) is 5.92 Å². The highest BCUT2D eigenvalue weighted by atomic mass is 19.1. The maximum absolute atomic E-state index is 12.8. The van der Waals surface area contributed by atoms with Crippen LogP contribution in [0.2, 0.25) is 0 Å². The lowest BCUT2D eigenvalue weighted by Crippen LogP contribution is -2.22. The van der Waals surface area contributed by atoms with Gasteiger partial charge in [0.05, 0.1) is 0 Å². The minimum Gasteiger partial charge on any atom is -0.353 e. The molecule has 10 heavy (non-hydrogen) atoms. The Morgan fingerprint density at radius 1 is 1.70 bits per heavy atom. The van der Waals surface area contributed by atoms with E-state index in [1.54, 1.807) is 0 Å². The normalized spacial score (nSPS) is 33.0. The summed E-state index contributed by atoms with van der Waals surface area (Å²) < 4.78 is 12.8. The van der Waals surface area contributed by atoms with E-state index in [1.165, 1.54) is 0 Å². The number of amides is 1. The lowest BCUT2D eigenvalue weighted by atomic mass is 9.94. The van der Waals surface area contributed by atoms with Crippen molar-refractivity contribution in [3.8, 4) is 0 Å². The fraction of sp³-hybridized carbons (Fsp3) is 0.857. The smallest absolute Gasteiger partial charge is 0.254 e. The highest BCUT2D eigenvalue weighted by molar-refractivity contribution is 5.83. The number of nitrogens with one attached hydrogen (secondary N) is 1. The van der Waals surface area contributed by atoms with Gasteiger partial charge in [-0.3, -0.25) is 4.79 Å². The third kappa shape index (κ3) is 1.13. The molecule has 1 N–H and O–H groups in total. The van der Waals surface area contributed by atoms with Crippen molar-refractivity contribution in [3.63, 3.8) is 0 Å². The van der Waals surface area contributed by atoms with Gasteiger partial charge in [0.2, 0.25) is 0 Å². The molecule has 1 rings (SSSR count). The van der Waals surface area contributed by atoms with E-state index in [0.717, 1.165) is 0 Å². The lowest BCUT2D eigenvalue weighted by molar-refractivity contribution is -0.124. The number of alkyl halides is 1. The Morgan fingerprint density at radius 2 is 2.30 bits per heavy atom. The molecule has 0 aromatic carbocycles. The number of hydrogen-bond donors (Lipinski definition) is 1. The van der Waals surface area contributed by atoms with Gasteiger partial charge in [0, 0.05) is 12.5 Å². The molecule has 1 saturated heterocycles. The average molecular weight is 145 g/mol. The van der Waals surface area contributed by atoms with Crippen LogP contribution in [0.4, 0.5) is 4.39 Å². The Hall–Kier alpha value is -0.600. The highest BCUT2D eigenvalue weighted by Crippen LogP contribution is 2.21. The Balaban J connectivity index is 2.57. The van der Waals surface area contributed by atoms with Crippen molar-refractivity contribution in [2.24, 2.45) is 11.8 Å². The molecule has 0 aliphatic carbocycles. The van der Waals surface area contributed by atoms with E-state index in [2.05, 4.69) is 5.32 Å². The summed E-state index contributed by atoms with van der Waals surface area (Å²) in [5.74, 6) is -0.319. The van der Waals surface area contributed by atoms with Gasteiger partial charge in [0.1, 0.15) is 0 Å². The van der Waals surface area contributed by atoms with Crippen molar-refractivity contribution < 1.29 is 9.18 Å². The molecule has 0 spiro atoms. The Kier molecular flexibility index (Phi) is 1.92. The van der Waals surface area contributed by atoms with Crippen LogP contribution in [-0.4, -0.2) is 18.6 Å². The van der Waals surface area contributed by atoms with Crippen molar-refractivity contribution in [2.75, 3.05) is 6.54 Å². The van der Waals surface area contributed by atoms with Crippen molar-refractivity contribution in [3.05, 3.63) is 0 Å². The molecular weight excluding hydrogens is 133 g/mol. The molecule has 2 atom stereocenters. The van der Waals surface area contributed by atoms with Crippen molar-refractivity contribution >= 4 is 5.91 Å². The van der Waals surface area contributed by atoms with Gasteiger partial charge in [-0.1, -0.05) is 13.8 Å². The van der Waals surface area contributed by atoms with Gasteiger partial charge in [-0.25, -0.2) is 4.39 Å². The summed E-state index contributed by atoms with van der Waals surface area (Å²) in [6.07, 6.45) is -1.28. The van der Waals surface area contributed by atoms with Crippen LogP contribution < -0.4 is 5.32 Å². The predicted octanol–water partition coefficient (Wildman–Crippen LogP) is 0.726. The van der Waals surface area contributed by atoms with E-state index in [0.29, 0.717) is 6.54 Å². The van der Waals surface area contributed by atoms with E-state index in [4.69, 9.17) is 0 Å². The molecule has 1 aliphatic heterocycles. The SMILES string of the molecule is CC(C)[C@@H]1CNC(=O)[C@@H]1F. The maximum atomic E-state index is 12.8. The predicted molar refractivity (Wildman–Crippen MR) is 36.2 cm³/mol. The zero-order chi connectivity index (χ0) is 7.72. The van der Waals surface area contributed by atoms with E-state index in [-0.39, 0.29) is 11.8 Å². The van der Waals surface area contributed by atoms with E-state index < -0.39 is 12.1 Å². The summed E-state index contributed by atoms with van der Waals surface area (Å²) in [6.45, 7) is 4.35. The van der Waals surface area contributed by atoms with Gasteiger partial charge in [0.25, 0.3) is 5.91 Å². The largest absolute Gasteiger partial charge is 0.353 e. The van der Waals surface area contributed by atoms with Gasteiger partial charge < -0.3 is 5.32 Å². The van der Waals surface area contributed by atoms with Crippen molar-refractivity contribution in [2.45, 2.75) is 20.0 Å². The molecule has 0 radical (unpaired) electrons. The van der Waals surface area contributed by atoms with Crippen molar-refractivity contribution in [1.82, 2.24) is 5.32 Å². The Labute approximate surface area is 59.8 Å².